The van der Waals surface area contributed by atoms with Crippen molar-refractivity contribution >= 4 is 17.9 Å². The highest BCUT2D eigenvalue weighted by Gasteiger charge is 2.19. The molecule has 0 heterocycles. The van der Waals surface area contributed by atoms with E-state index in [4.69, 9.17) is 14.2 Å². The van der Waals surface area contributed by atoms with E-state index >= 15 is 0 Å². The Morgan fingerprint density at radius 2 is 0.565 bits per heavy atom. The molecule has 0 radical (unpaired) electrons. The second-order valence-corrected chi connectivity index (χ2v) is 19.7. The normalized spacial score (nSPS) is 12.6. The van der Waals surface area contributed by atoms with Gasteiger partial charge in [-0.2, -0.15) is 0 Å². The molecule has 0 saturated heterocycles. The minimum absolute atomic E-state index is 0.0878. The van der Waals surface area contributed by atoms with Crippen molar-refractivity contribution in [3.05, 3.63) is 72.9 Å². The molecule has 0 aromatic heterocycles. The molecule has 1 unspecified atom stereocenters. The van der Waals surface area contributed by atoms with Gasteiger partial charge in [0.05, 0.1) is 0 Å². The summed E-state index contributed by atoms with van der Waals surface area (Å²) in [6, 6.07) is 0. The first-order valence-corrected chi connectivity index (χ1v) is 29.5. The first-order valence-electron chi connectivity index (χ1n) is 29.5. The van der Waals surface area contributed by atoms with Crippen molar-refractivity contribution in [2.45, 2.75) is 297 Å². The van der Waals surface area contributed by atoms with Crippen LogP contribution in [0.25, 0.3) is 0 Å². The van der Waals surface area contributed by atoms with Gasteiger partial charge >= 0.3 is 17.9 Å². The number of hydrogen-bond donors (Lipinski definition) is 0. The van der Waals surface area contributed by atoms with Crippen LogP contribution in [0.15, 0.2) is 72.9 Å². The molecule has 0 aliphatic carbocycles. The summed E-state index contributed by atoms with van der Waals surface area (Å²) in [4.78, 5) is 38.2. The summed E-state index contributed by atoms with van der Waals surface area (Å²) >= 11 is 0. The van der Waals surface area contributed by atoms with E-state index in [2.05, 4.69) is 63.3 Å². The van der Waals surface area contributed by atoms with E-state index in [0.29, 0.717) is 19.3 Å². The fourth-order valence-corrected chi connectivity index (χ4v) is 8.39. The van der Waals surface area contributed by atoms with E-state index in [9.17, 15) is 14.4 Å². The predicted octanol–water partition coefficient (Wildman–Crippen LogP) is 19.8. The fraction of sp³-hybridized carbons (Fsp3) is 0.762. The molecule has 398 valence electrons. The van der Waals surface area contributed by atoms with Crippen LogP contribution in [0.1, 0.15) is 290 Å². The molecule has 1 atom stereocenters. The van der Waals surface area contributed by atoms with Crippen LogP contribution in [0, 0.1) is 0 Å². The van der Waals surface area contributed by atoms with Gasteiger partial charge in [0.1, 0.15) is 13.2 Å². The highest BCUT2D eigenvalue weighted by Crippen LogP contribution is 2.17. The topological polar surface area (TPSA) is 78.9 Å². The Hall–Kier alpha value is -3.15. The van der Waals surface area contributed by atoms with E-state index in [1.807, 2.05) is 30.4 Å². The molecule has 0 aliphatic rings. The summed E-state index contributed by atoms with van der Waals surface area (Å²) < 4.78 is 16.9. The predicted molar refractivity (Wildman–Crippen MR) is 298 cm³/mol. The molecule has 69 heavy (non-hydrogen) atoms. The Morgan fingerprint density at radius 1 is 0.304 bits per heavy atom. The van der Waals surface area contributed by atoms with Gasteiger partial charge in [0, 0.05) is 19.3 Å². The molecule has 6 heteroatoms. The lowest BCUT2D eigenvalue weighted by Crippen LogP contribution is -2.30. The Kier molecular flexibility index (Phi) is 54.8. The minimum Gasteiger partial charge on any atom is -0.462 e. The zero-order chi connectivity index (χ0) is 50.0. The van der Waals surface area contributed by atoms with Crippen molar-refractivity contribution in [1.29, 1.82) is 0 Å². The molecule has 0 aliphatic heterocycles. The van der Waals surface area contributed by atoms with E-state index < -0.39 is 6.10 Å². The number of rotatable bonds is 53. The van der Waals surface area contributed by atoms with Crippen molar-refractivity contribution < 1.29 is 28.6 Å². The molecule has 0 aromatic rings. The first kappa shape index (κ1) is 65.8. The van der Waals surface area contributed by atoms with Crippen LogP contribution in [0.5, 0.6) is 0 Å². The molecule has 0 bridgehead atoms. The molecule has 0 spiro atoms. The van der Waals surface area contributed by atoms with E-state index in [1.54, 1.807) is 0 Å². The van der Waals surface area contributed by atoms with Gasteiger partial charge in [0.2, 0.25) is 0 Å². The fourth-order valence-electron chi connectivity index (χ4n) is 8.39. The number of carbonyl (C=O) groups excluding carboxylic acids is 3. The lowest BCUT2D eigenvalue weighted by atomic mass is 10.0. The van der Waals surface area contributed by atoms with Gasteiger partial charge in [0.15, 0.2) is 6.10 Å². The molecular formula is C63H110O6. The number of ether oxygens (including phenoxy) is 3. The van der Waals surface area contributed by atoms with Crippen molar-refractivity contribution in [3.63, 3.8) is 0 Å². The Bertz CT molecular complexity index is 1290. The van der Waals surface area contributed by atoms with Crippen LogP contribution in [-0.4, -0.2) is 37.2 Å². The lowest BCUT2D eigenvalue weighted by molar-refractivity contribution is -0.167. The van der Waals surface area contributed by atoms with Gasteiger partial charge in [0.25, 0.3) is 0 Å². The maximum atomic E-state index is 12.9. The Labute approximate surface area is 427 Å². The minimum atomic E-state index is -0.792. The summed E-state index contributed by atoms with van der Waals surface area (Å²) in [6.45, 7) is 6.47. The molecular weight excluding hydrogens is 853 g/mol. The molecule has 0 aromatic carbocycles. The Balaban J connectivity index is 4.36. The summed E-state index contributed by atoms with van der Waals surface area (Å²) in [5, 5.41) is 0. The van der Waals surface area contributed by atoms with Crippen LogP contribution in [0.2, 0.25) is 0 Å². The third-order valence-electron chi connectivity index (χ3n) is 12.8. The third kappa shape index (κ3) is 55.6. The summed E-state index contributed by atoms with van der Waals surface area (Å²) in [7, 11) is 0. The van der Waals surface area contributed by atoms with Crippen molar-refractivity contribution in [1.82, 2.24) is 0 Å². The second kappa shape index (κ2) is 57.4. The van der Waals surface area contributed by atoms with Crippen LogP contribution in [-0.2, 0) is 28.6 Å². The average Bonchev–Trinajstić information content (AvgIpc) is 3.35. The highest BCUT2D eigenvalue weighted by atomic mass is 16.6. The van der Waals surface area contributed by atoms with E-state index in [0.717, 1.165) is 70.6 Å². The quantitative estimate of drug-likeness (QED) is 0.0262. The van der Waals surface area contributed by atoms with Crippen LogP contribution < -0.4 is 0 Å². The molecule has 0 saturated carbocycles. The average molecular weight is 964 g/mol. The summed E-state index contributed by atoms with van der Waals surface area (Å²) in [5.74, 6) is -0.919. The van der Waals surface area contributed by atoms with Gasteiger partial charge < -0.3 is 14.2 Å². The maximum Gasteiger partial charge on any atom is 0.306 e. The second-order valence-electron chi connectivity index (χ2n) is 19.7. The highest BCUT2D eigenvalue weighted by molar-refractivity contribution is 5.71. The lowest BCUT2D eigenvalue weighted by Gasteiger charge is -2.18. The molecule has 0 amide bonds. The number of esters is 3. The Morgan fingerprint density at radius 3 is 0.942 bits per heavy atom. The summed E-state index contributed by atoms with van der Waals surface area (Å²) in [6.07, 6.45) is 73.3. The smallest absolute Gasteiger partial charge is 0.306 e. The number of carbonyl (C=O) groups is 3. The van der Waals surface area contributed by atoms with Gasteiger partial charge in [-0.15, -0.1) is 0 Å². The van der Waals surface area contributed by atoms with Crippen LogP contribution >= 0.6 is 0 Å². The molecule has 0 N–H and O–H groups in total. The van der Waals surface area contributed by atoms with Crippen LogP contribution in [0.4, 0.5) is 0 Å². The first-order chi connectivity index (χ1) is 34.0. The summed E-state index contributed by atoms with van der Waals surface area (Å²) in [5.41, 5.74) is 0. The monoisotopic (exact) mass is 963 g/mol. The van der Waals surface area contributed by atoms with Crippen molar-refractivity contribution in [2.24, 2.45) is 0 Å². The van der Waals surface area contributed by atoms with Gasteiger partial charge in [-0.3, -0.25) is 14.4 Å². The molecule has 0 rings (SSSR count). The van der Waals surface area contributed by atoms with E-state index in [-0.39, 0.29) is 31.1 Å². The molecule has 6 nitrogen and oxygen atoms in total. The van der Waals surface area contributed by atoms with Gasteiger partial charge in [-0.05, 0) is 64.2 Å². The van der Waals surface area contributed by atoms with Crippen molar-refractivity contribution in [2.75, 3.05) is 13.2 Å². The third-order valence-corrected chi connectivity index (χ3v) is 12.8. The number of unbranched alkanes of at least 4 members (excludes halogenated alkanes) is 34. The standard InChI is InChI=1S/C63H110O6/c1-4-7-10-13-16-19-22-25-27-29-31-33-35-38-41-44-47-50-53-56-62(65)68-59-60(58-67-61(64)55-52-49-46-43-40-37-24-21-18-15-12-9-6-3)69-63(66)57-54-51-48-45-42-39-36-34-32-30-28-26-23-20-17-14-11-8-5-2/h9,12,15-16,18-19,21-22,24-25,37,40,60H,4-8,10-11,13-14,17,20,23,26-36,38-39,41-59H2,1-3H3/b12-9-,18-15-,19-16-,24-21-,25-22-,40-37-. The largest absolute Gasteiger partial charge is 0.462 e. The number of hydrogen-bond acceptors (Lipinski definition) is 6. The van der Waals surface area contributed by atoms with Crippen molar-refractivity contribution in [3.8, 4) is 0 Å². The zero-order valence-corrected chi connectivity index (χ0v) is 45.6. The maximum absolute atomic E-state index is 12.9. The molecule has 0 fully saturated rings. The van der Waals surface area contributed by atoms with Crippen LogP contribution in [0.3, 0.4) is 0 Å². The van der Waals surface area contributed by atoms with E-state index in [1.165, 1.54) is 180 Å². The zero-order valence-electron chi connectivity index (χ0n) is 45.6. The number of allylic oxidation sites excluding steroid dienone is 12. The SMILES string of the molecule is CC\C=C/C=C\C=C/C=C\CCCCCC(=O)OCC(COC(=O)CCCCCCCCCCCC/C=C\C=C/CCCCC)OC(=O)CCCCCCCCCCCCCCCCCCCCC. The van der Waals surface area contributed by atoms with Gasteiger partial charge in [-0.25, -0.2) is 0 Å². The van der Waals surface area contributed by atoms with Gasteiger partial charge in [-0.1, -0.05) is 280 Å².